The Balaban J connectivity index is 1.07. The third-order valence-corrected chi connectivity index (χ3v) is 11.9. The molecule has 5 aromatic rings. The number of imidazole rings is 2. The van der Waals surface area contributed by atoms with E-state index in [4.69, 9.17) is 33.3 Å². The summed E-state index contributed by atoms with van der Waals surface area (Å²) in [6, 6.07) is 10.1. The van der Waals surface area contributed by atoms with Crippen LogP contribution in [0.5, 0.6) is 0 Å². The average molecular weight is 730 g/mol. The van der Waals surface area contributed by atoms with Gasteiger partial charge in [-0.2, -0.15) is 5.10 Å². The van der Waals surface area contributed by atoms with Crippen LogP contribution < -0.4 is 5.32 Å². The number of H-pyrrole nitrogens is 1. The molecule has 0 bridgehead atoms. The molecule has 2 aromatic carbocycles. The molecule has 2 aliphatic heterocycles. The Bertz CT molecular complexity index is 2080. The largest absolute Gasteiger partial charge is 0.396 e. The lowest BCUT2D eigenvalue weighted by Gasteiger charge is -2.31. The lowest BCUT2D eigenvalue weighted by molar-refractivity contribution is 0.130. The number of halogens is 3. The first-order chi connectivity index (χ1) is 24.8. The zero-order valence-electron chi connectivity index (χ0n) is 28.8. The number of alkyl halides is 1. The normalized spacial score (nSPS) is 21.8. The van der Waals surface area contributed by atoms with Gasteiger partial charge in [0.15, 0.2) is 0 Å². The van der Waals surface area contributed by atoms with E-state index in [1.54, 1.807) is 18.7 Å². The van der Waals surface area contributed by atoms with Crippen LogP contribution in [-0.4, -0.2) is 71.7 Å². The van der Waals surface area contributed by atoms with Gasteiger partial charge >= 0.3 is 0 Å². The van der Waals surface area contributed by atoms with Crippen LogP contribution in [0.15, 0.2) is 79.2 Å². The standard InChI is InChI=1S/C39H43Cl2FN8O/c1-3-32(46-38-43-12-13-44-38)37(36-33-17-28(42)20-49(33)23-45-36)50-21-30-31(40)18-29(34(41)35(30)47-50)26-5-7-27(8-6-26)39(19-24(39)2)11-4-14-48-15-9-25(22-51)10-16-48/h3,5-8,12-13,18,21,23,25,28,37,51H,2,4,9-11,14-17,19-20,22H2,1H3,(H2,43,44,46)/b32-3-/t28-,37?,39?/m1/s1. The Morgan fingerprint density at radius 1 is 1.22 bits per heavy atom. The van der Waals surface area contributed by atoms with Crippen LogP contribution in [0.3, 0.4) is 0 Å². The van der Waals surface area contributed by atoms with Crippen molar-refractivity contribution in [2.75, 3.05) is 31.6 Å². The number of nitrogens with one attached hydrogen (secondary N) is 2. The molecule has 2 fully saturated rings. The zero-order valence-corrected chi connectivity index (χ0v) is 30.3. The first kappa shape index (κ1) is 34.1. The molecule has 0 amide bonds. The maximum atomic E-state index is 14.6. The molecule has 5 heterocycles. The van der Waals surface area contributed by atoms with Crippen molar-refractivity contribution in [3.05, 3.63) is 106 Å². The van der Waals surface area contributed by atoms with Gasteiger partial charge in [-0.25, -0.2) is 14.4 Å². The number of benzene rings is 2. The number of fused-ring (bicyclic) bond motifs is 2. The van der Waals surface area contributed by atoms with Gasteiger partial charge in [0.25, 0.3) is 0 Å². The van der Waals surface area contributed by atoms with Crippen LogP contribution in [-0.2, 0) is 18.4 Å². The van der Waals surface area contributed by atoms with Crippen molar-refractivity contribution in [2.24, 2.45) is 5.92 Å². The molecule has 3 aromatic heterocycles. The Morgan fingerprint density at radius 2 is 2.00 bits per heavy atom. The van der Waals surface area contributed by atoms with Gasteiger partial charge in [-0.3, -0.25) is 4.68 Å². The Hall–Kier alpha value is -3.96. The van der Waals surface area contributed by atoms with E-state index in [0.717, 1.165) is 74.3 Å². The minimum absolute atomic E-state index is 0.0325. The lowest BCUT2D eigenvalue weighted by atomic mass is 9.88. The van der Waals surface area contributed by atoms with Crippen molar-refractivity contribution in [1.29, 1.82) is 0 Å². The zero-order chi connectivity index (χ0) is 35.3. The van der Waals surface area contributed by atoms with Gasteiger partial charge in [0.2, 0.25) is 5.95 Å². The van der Waals surface area contributed by atoms with E-state index < -0.39 is 12.2 Å². The number of rotatable bonds is 12. The van der Waals surface area contributed by atoms with Crippen LogP contribution in [0.4, 0.5) is 10.3 Å². The van der Waals surface area contributed by atoms with Gasteiger partial charge in [0.05, 0.1) is 28.6 Å². The van der Waals surface area contributed by atoms with Gasteiger partial charge < -0.3 is 24.9 Å². The first-order valence-corrected chi connectivity index (χ1v) is 18.6. The van der Waals surface area contributed by atoms with Gasteiger partial charge in [-0.15, -0.1) is 0 Å². The maximum absolute atomic E-state index is 14.6. The van der Waals surface area contributed by atoms with Crippen molar-refractivity contribution in [2.45, 2.75) is 69.6 Å². The van der Waals surface area contributed by atoms with E-state index in [1.807, 2.05) is 34.5 Å². The van der Waals surface area contributed by atoms with E-state index in [1.165, 1.54) is 11.1 Å². The van der Waals surface area contributed by atoms with Gasteiger partial charge in [-0.1, -0.05) is 65.7 Å². The highest BCUT2D eigenvalue weighted by Crippen LogP contribution is 2.56. The molecule has 3 atom stereocenters. The molecule has 0 radical (unpaired) electrons. The molecule has 3 aliphatic rings. The Labute approximate surface area is 307 Å². The molecule has 3 N–H and O–H groups in total. The number of hydrogen-bond donors (Lipinski definition) is 3. The molecule has 12 heteroatoms. The second-order valence-electron chi connectivity index (χ2n) is 14.3. The minimum Gasteiger partial charge on any atom is -0.396 e. The van der Waals surface area contributed by atoms with E-state index in [2.05, 4.69) is 51.0 Å². The summed E-state index contributed by atoms with van der Waals surface area (Å²) in [6.45, 7) is 10.1. The number of aromatic amines is 1. The molecular weight excluding hydrogens is 686 g/mol. The predicted molar refractivity (Wildman–Crippen MR) is 201 cm³/mol. The molecule has 51 heavy (non-hydrogen) atoms. The van der Waals surface area contributed by atoms with Crippen molar-refractivity contribution < 1.29 is 9.50 Å². The van der Waals surface area contributed by atoms with Crippen LogP contribution in [0.25, 0.3) is 22.0 Å². The number of likely N-dealkylation sites (tertiary alicyclic amines) is 1. The molecule has 0 spiro atoms. The number of hydrogen-bond acceptors (Lipinski definition) is 6. The Kier molecular flexibility index (Phi) is 9.29. The molecule has 1 saturated heterocycles. The molecule has 2 unspecified atom stereocenters. The summed E-state index contributed by atoms with van der Waals surface area (Å²) in [5.41, 5.74) is 7.28. The third kappa shape index (κ3) is 6.41. The highest BCUT2D eigenvalue weighted by molar-refractivity contribution is 6.42. The molecule has 8 rings (SSSR count). The quantitative estimate of drug-likeness (QED) is 0.112. The summed E-state index contributed by atoms with van der Waals surface area (Å²) in [5, 5.41) is 19.6. The highest BCUT2D eigenvalue weighted by Gasteiger charge is 2.48. The fraction of sp³-hybridized carbons (Fsp3) is 0.410. The fourth-order valence-electron chi connectivity index (χ4n) is 8.17. The number of nitrogens with zero attached hydrogens (tertiary/aromatic N) is 6. The molecule has 9 nitrogen and oxygen atoms in total. The number of allylic oxidation sites excluding steroid dienone is 3. The summed E-state index contributed by atoms with van der Waals surface area (Å²) in [6.07, 6.45) is 13.7. The number of anilines is 1. The molecule has 1 aliphatic carbocycles. The van der Waals surface area contributed by atoms with Crippen LogP contribution in [0.2, 0.25) is 10.0 Å². The fourth-order valence-corrected chi connectivity index (χ4v) is 8.72. The number of piperidine rings is 1. The van der Waals surface area contributed by atoms with Crippen LogP contribution in [0, 0.1) is 5.92 Å². The minimum atomic E-state index is -0.960. The summed E-state index contributed by atoms with van der Waals surface area (Å²) in [7, 11) is 0. The number of aliphatic hydroxyl groups is 1. The average Bonchev–Trinajstić information content (AvgIpc) is 3.72. The second kappa shape index (κ2) is 13.9. The van der Waals surface area contributed by atoms with Crippen molar-refractivity contribution >= 4 is 40.1 Å². The third-order valence-electron chi connectivity index (χ3n) is 11.2. The summed E-state index contributed by atoms with van der Waals surface area (Å²) < 4.78 is 18.2. The van der Waals surface area contributed by atoms with Crippen molar-refractivity contribution in [3.8, 4) is 11.1 Å². The predicted octanol–water partition coefficient (Wildman–Crippen LogP) is 8.11. The smallest absolute Gasteiger partial charge is 0.204 e. The monoisotopic (exact) mass is 728 g/mol. The number of aliphatic hydroxyl groups excluding tert-OH is 1. The van der Waals surface area contributed by atoms with E-state index in [0.29, 0.717) is 45.1 Å². The summed E-state index contributed by atoms with van der Waals surface area (Å²) in [4.78, 5) is 14.7. The maximum Gasteiger partial charge on any atom is 0.204 e. The topological polar surface area (TPSA) is 99.8 Å². The Morgan fingerprint density at radius 3 is 2.69 bits per heavy atom. The second-order valence-corrected chi connectivity index (χ2v) is 15.1. The molecule has 266 valence electrons. The van der Waals surface area contributed by atoms with Gasteiger partial charge in [-0.05, 0) is 81.8 Å². The van der Waals surface area contributed by atoms with E-state index in [-0.39, 0.29) is 18.4 Å². The van der Waals surface area contributed by atoms with Crippen LogP contribution >= 0.6 is 23.2 Å². The van der Waals surface area contributed by atoms with Gasteiger partial charge in [0.1, 0.15) is 17.7 Å². The van der Waals surface area contributed by atoms with Crippen LogP contribution in [0.1, 0.15) is 62.0 Å². The summed E-state index contributed by atoms with van der Waals surface area (Å²) in [5.74, 6) is 1.03. The lowest BCUT2D eigenvalue weighted by Crippen LogP contribution is -2.35. The number of aromatic nitrogens is 6. The van der Waals surface area contributed by atoms with E-state index in [9.17, 15) is 9.50 Å². The SMILES string of the molecule is C=C1CC1(CCCN1CCC(CO)CC1)c1ccc(-c2cc(Cl)c3cn(C(/C(=C/C)Nc4ncc[nH]4)c4ncn5c4C[C@@H](F)C5)nc3c2Cl)cc1. The van der Waals surface area contributed by atoms with Gasteiger partial charge in [0, 0.05) is 59.4 Å². The van der Waals surface area contributed by atoms with Crippen molar-refractivity contribution in [3.63, 3.8) is 0 Å². The summed E-state index contributed by atoms with van der Waals surface area (Å²) >= 11 is 14.2. The molecule has 1 saturated carbocycles. The molecular formula is C39H43Cl2FN8O. The van der Waals surface area contributed by atoms with Crippen molar-refractivity contribution in [1.82, 2.24) is 34.2 Å². The van der Waals surface area contributed by atoms with E-state index >= 15 is 0 Å². The first-order valence-electron chi connectivity index (χ1n) is 17.9. The highest BCUT2D eigenvalue weighted by atomic mass is 35.5.